The Morgan fingerprint density at radius 1 is 1.14 bits per heavy atom. The normalized spacial score (nSPS) is 15.0. The van der Waals surface area contributed by atoms with Crippen LogP contribution in [0.4, 0.5) is 0 Å². The highest BCUT2D eigenvalue weighted by Crippen LogP contribution is 2.30. The van der Waals surface area contributed by atoms with Crippen LogP contribution in [0.15, 0.2) is 17.4 Å². The van der Waals surface area contributed by atoms with Crippen molar-refractivity contribution < 1.29 is 0 Å². The lowest BCUT2D eigenvalue weighted by Crippen LogP contribution is -1.83. The van der Waals surface area contributed by atoms with Gasteiger partial charge in [0.15, 0.2) is 0 Å². The summed E-state index contributed by atoms with van der Waals surface area (Å²) in [5.41, 5.74) is 5.11. The van der Waals surface area contributed by atoms with E-state index in [2.05, 4.69) is 25.7 Å². The van der Waals surface area contributed by atoms with Crippen LogP contribution in [0.25, 0.3) is 0 Å². The Bertz CT molecular complexity index is 192. The molecule has 1 fully saturated rings. The molecule has 0 heterocycles. The first kappa shape index (κ1) is 11.6. The summed E-state index contributed by atoms with van der Waals surface area (Å²) in [5, 5.41) is 0. The molecule has 0 spiro atoms. The molecule has 0 bridgehead atoms. The molecule has 80 valence electrons. The minimum Gasteiger partial charge on any atom is -0.126 e. The average molecular weight is 192 g/mol. The van der Waals surface area contributed by atoms with Gasteiger partial charge in [0.25, 0.3) is 0 Å². The zero-order valence-corrected chi connectivity index (χ0v) is 9.81. The van der Waals surface area contributed by atoms with Crippen LogP contribution in [-0.4, -0.2) is 0 Å². The maximum absolute atomic E-state index is 3.54. The van der Waals surface area contributed by atoms with Gasteiger partial charge >= 0.3 is 0 Å². The van der Waals surface area contributed by atoms with Gasteiger partial charge < -0.3 is 0 Å². The van der Waals surface area contributed by atoms with Crippen LogP contribution in [-0.2, 0) is 0 Å². The van der Waals surface area contributed by atoms with Gasteiger partial charge in [-0.05, 0) is 56.1 Å². The monoisotopic (exact) mass is 192 g/mol. The third-order valence-corrected chi connectivity index (χ3v) is 2.81. The molecule has 1 rings (SSSR count). The van der Waals surface area contributed by atoms with Gasteiger partial charge in [-0.3, -0.25) is 0 Å². The molecule has 0 aliphatic heterocycles. The van der Waals surface area contributed by atoms with Crippen molar-refractivity contribution in [3.63, 3.8) is 0 Å². The van der Waals surface area contributed by atoms with Crippen molar-refractivity contribution in [3.8, 4) is 0 Å². The Morgan fingerprint density at radius 3 is 2.14 bits per heavy atom. The van der Waals surface area contributed by atoms with Crippen molar-refractivity contribution in [2.24, 2.45) is 5.92 Å². The molecule has 0 N–H and O–H groups in total. The largest absolute Gasteiger partial charge is 0.126 e. The molecule has 0 atom stereocenters. The molecule has 0 amide bonds. The molecule has 0 saturated heterocycles. The summed E-state index contributed by atoms with van der Waals surface area (Å²) >= 11 is 0. The van der Waals surface area contributed by atoms with Crippen LogP contribution in [0, 0.1) is 5.92 Å². The molecule has 0 nitrogen and oxygen atoms in total. The lowest BCUT2D eigenvalue weighted by Gasteiger charge is -2.02. The predicted octanol–water partition coefficient (Wildman–Crippen LogP) is 4.86. The SMILES string of the molecule is CCCCC(=C=CC1CC1)CCCC. The van der Waals surface area contributed by atoms with Crippen LogP contribution >= 0.6 is 0 Å². The average Bonchev–Trinajstić information content (AvgIpc) is 3.00. The highest BCUT2D eigenvalue weighted by Gasteiger charge is 2.16. The molecule has 1 aliphatic rings. The van der Waals surface area contributed by atoms with Crippen LogP contribution in [0.2, 0.25) is 0 Å². The van der Waals surface area contributed by atoms with Gasteiger partial charge in [0.05, 0.1) is 0 Å². The fourth-order valence-corrected chi connectivity index (χ4v) is 1.55. The van der Waals surface area contributed by atoms with Crippen LogP contribution in [0.1, 0.15) is 65.2 Å². The van der Waals surface area contributed by atoms with Crippen LogP contribution in [0.5, 0.6) is 0 Å². The second-order valence-electron chi connectivity index (χ2n) is 4.46. The highest BCUT2D eigenvalue weighted by molar-refractivity contribution is 5.05. The zero-order chi connectivity index (χ0) is 10.2. The van der Waals surface area contributed by atoms with Crippen molar-refractivity contribution in [3.05, 3.63) is 17.4 Å². The van der Waals surface area contributed by atoms with E-state index in [9.17, 15) is 0 Å². The molecule has 0 aromatic rings. The van der Waals surface area contributed by atoms with Crippen molar-refractivity contribution in [2.75, 3.05) is 0 Å². The molecular weight excluding hydrogens is 168 g/mol. The molecule has 1 saturated carbocycles. The Hall–Kier alpha value is -0.480. The van der Waals surface area contributed by atoms with Gasteiger partial charge in [-0.25, -0.2) is 0 Å². The molecular formula is C14H24. The zero-order valence-electron chi connectivity index (χ0n) is 9.81. The molecule has 0 radical (unpaired) electrons. The Balaban J connectivity index is 2.36. The maximum Gasteiger partial charge on any atom is -0.0157 e. The smallest absolute Gasteiger partial charge is 0.0157 e. The van der Waals surface area contributed by atoms with Crippen molar-refractivity contribution in [2.45, 2.75) is 65.2 Å². The highest BCUT2D eigenvalue weighted by atomic mass is 14.2. The van der Waals surface area contributed by atoms with Crippen LogP contribution in [0.3, 0.4) is 0 Å². The third-order valence-electron chi connectivity index (χ3n) is 2.81. The fourth-order valence-electron chi connectivity index (χ4n) is 1.55. The summed E-state index contributed by atoms with van der Waals surface area (Å²) in [6, 6.07) is 0. The first-order chi connectivity index (χ1) is 6.86. The Kier molecular flexibility index (Phi) is 5.71. The number of allylic oxidation sites excluding steroid dienone is 1. The number of hydrogen-bond donors (Lipinski definition) is 0. The van der Waals surface area contributed by atoms with E-state index in [0.717, 1.165) is 5.92 Å². The second-order valence-corrected chi connectivity index (χ2v) is 4.46. The van der Waals surface area contributed by atoms with E-state index in [0.29, 0.717) is 0 Å². The van der Waals surface area contributed by atoms with Crippen molar-refractivity contribution in [1.82, 2.24) is 0 Å². The fraction of sp³-hybridized carbons (Fsp3) is 0.786. The summed E-state index contributed by atoms with van der Waals surface area (Å²) in [7, 11) is 0. The topological polar surface area (TPSA) is 0 Å². The minimum atomic E-state index is 0.883. The van der Waals surface area contributed by atoms with Gasteiger partial charge in [-0.2, -0.15) is 0 Å². The van der Waals surface area contributed by atoms with E-state index in [1.165, 1.54) is 51.4 Å². The molecule has 0 aromatic heterocycles. The molecule has 0 unspecified atom stereocenters. The third kappa shape index (κ3) is 5.29. The number of unbranched alkanes of at least 4 members (excludes halogenated alkanes) is 2. The predicted molar refractivity (Wildman–Crippen MR) is 63.4 cm³/mol. The van der Waals surface area contributed by atoms with Gasteiger partial charge in [0, 0.05) is 0 Å². The molecule has 1 aliphatic carbocycles. The van der Waals surface area contributed by atoms with Crippen molar-refractivity contribution >= 4 is 0 Å². The summed E-state index contributed by atoms with van der Waals surface area (Å²) in [6.07, 6.45) is 13.0. The van der Waals surface area contributed by atoms with Gasteiger partial charge in [-0.15, -0.1) is 5.73 Å². The van der Waals surface area contributed by atoms with Gasteiger partial charge in [-0.1, -0.05) is 26.7 Å². The summed E-state index contributed by atoms with van der Waals surface area (Å²) in [5.74, 6) is 0.883. The van der Waals surface area contributed by atoms with E-state index < -0.39 is 0 Å². The standard InChI is InChI=1S/C14H24/c1-3-5-7-13(8-6-4-2)9-10-14-11-12-14/h10,14H,3-8,11-12H2,1-2H3. The minimum absolute atomic E-state index is 0.883. The Morgan fingerprint density at radius 2 is 1.71 bits per heavy atom. The van der Waals surface area contributed by atoms with E-state index in [4.69, 9.17) is 0 Å². The lowest BCUT2D eigenvalue weighted by molar-refractivity contribution is 0.714. The van der Waals surface area contributed by atoms with E-state index in [1.807, 2.05) is 0 Å². The number of hydrogen-bond acceptors (Lipinski definition) is 0. The van der Waals surface area contributed by atoms with Gasteiger partial charge in [0.1, 0.15) is 0 Å². The quantitative estimate of drug-likeness (QED) is 0.505. The molecule has 0 aromatic carbocycles. The summed E-state index contributed by atoms with van der Waals surface area (Å²) in [4.78, 5) is 0. The Labute approximate surface area is 89.1 Å². The van der Waals surface area contributed by atoms with E-state index in [1.54, 1.807) is 5.57 Å². The van der Waals surface area contributed by atoms with E-state index >= 15 is 0 Å². The van der Waals surface area contributed by atoms with Crippen molar-refractivity contribution in [1.29, 1.82) is 0 Å². The lowest BCUT2D eigenvalue weighted by atomic mass is 10.0. The van der Waals surface area contributed by atoms with Crippen LogP contribution < -0.4 is 0 Å². The summed E-state index contributed by atoms with van der Waals surface area (Å²) < 4.78 is 0. The molecule has 14 heavy (non-hydrogen) atoms. The second kappa shape index (κ2) is 6.90. The first-order valence-electron chi connectivity index (χ1n) is 6.31. The first-order valence-corrected chi connectivity index (χ1v) is 6.31. The number of rotatable bonds is 7. The summed E-state index contributed by atoms with van der Waals surface area (Å²) in [6.45, 7) is 4.53. The van der Waals surface area contributed by atoms with E-state index in [-0.39, 0.29) is 0 Å². The maximum atomic E-state index is 3.54. The molecule has 0 heteroatoms. The van der Waals surface area contributed by atoms with Gasteiger partial charge in [0.2, 0.25) is 0 Å².